The molecule has 1 fully saturated rings. The lowest BCUT2D eigenvalue weighted by molar-refractivity contribution is 0.139. The molecule has 0 aromatic carbocycles. The van der Waals surface area contributed by atoms with Gasteiger partial charge in [-0.3, -0.25) is 5.43 Å². The summed E-state index contributed by atoms with van der Waals surface area (Å²) in [5.41, 5.74) is 2.09. The molecule has 1 rings (SSSR count). The predicted octanol–water partition coefficient (Wildman–Crippen LogP) is -1.14. The smallest absolute Gasteiger partial charge is 0.320 e. The van der Waals surface area contributed by atoms with Gasteiger partial charge < -0.3 is 10.2 Å². The number of likely N-dealkylation sites (tertiary alicyclic amines) is 1. The number of likely N-dealkylation sites (N-methyl/N-ethyl adjacent to an activating group) is 1. The van der Waals surface area contributed by atoms with Crippen molar-refractivity contribution in [2.24, 2.45) is 5.84 Å². The lowest BCUT2D eigenvalue weighted by atomic mass is 10.1. The second kappa shape index (κ2) is 3.54. The fourth-order valence-electron chi connectivity index (χ4n) is 1.15. The van der Waals surface area contributed by atoms with Crippen molar-refractivity contribution in [3.8, 4) is 0 Å². The quantitative estimate of drug-likeness (QED) is 0.270. The minimum atomic E-state index is -0.195. The van der Waals surface area contributed by atoms with E-state index in [1.54, 1.807) is 4.90 Å². The summed E-state index contributed by atoms with van der Waals surface area (Å²) in [6, 6.07) is 0.261. The van der Waals surface area contributed by atoms with Gasteiger partial charge in [0.1, 0.15) is 0 Å². The van der Waals surface area contributed by atoms with Crippen LogP contribution in [0.15, 0.2) is 0 Å². The van der Waals surface area contributed by atoms with Gasteiger partial charge in [-0.1, -0.05) is 6.92 Å². The highest BCUT2D eigenvalue weighted by Gasteiger charge is 2.28. The van der Waals surface area contributed by atoms with E-state index >= 15 is 0 Å². The SMILES string of the molecule is CCNC1CN(C(=O)NN)C1. The third-order valence-corrected chi connectivity index (χ3v) is 1.79. The molecule has 0 spiro atoms. The van der Waals surface area contributed by atoms with E-state index in [0.717, 1.165) is 19.6 Å². The summed E-state index contributed by atoms with van der Waals surface area (Å²) in [4.78, 5) is 12.5. The number of carbonyl (C=O) groups excluding carboxylic acids is 1. The Kier molecular flexibility index (Phi) is 2.67. The first kappa shape index (κ1) is 8.29. The second-order valence-corrected chi connectivity index (χ2v) is 2.61. The minimum Gasteiger partial charge on any atom is -0.320 e. The highest BCUT2D eigenvalue weighted by atomic mass is 16.2. The van der Waals surface area contributed by atoms with E-state index < -0.39 is 0 Å². The summed E-state index contributed by atoms with van der Waals surface area (Å²) in [5, 5.41) is 3.23. The van der Waals surface area contributed by atoms with E-state index in [0.29, 0.717) is 6.04 Å². The van der Waals surface area contributed by atoms with Crippen molar-refractivity contribution in [1.29, 1.82) is 0 Å². The number of urea groups is 1. The Labute approximate surface area is 65.9 Å². The van der Waals surface area contributed by atoms with E-state index in [1.165, 1.54) is 0 Å². The van der Waals surface area contributed by atoms with Crippen molar-refractivity contribution in [1.82, 2.24) is 15.6 Å². The molecule has 1 heterocycles. The number of hydrazine groups is 1. The predicted molar refractivity (Wildman–Crippen MR) is 41.8 cm³/mol. The van der Waals surface area contributed by atoms with Crippen LogP contribution in [0.1, 0.15) is 6.92 Å². The van der Waals surface area contributed by atoms with Crippen LogP contribution in [0.3, 0.4) is 0 Å². The van der Waals surface area contributed by atoms with Crippen molar-refractivity contribution < 1.29 is 4.79 Å². The van der Waals surface area contributed by atoms with E-state index in [1.807, 2.05) is 6.92 Å². The van der Waals surface area contributed by atoms with Crippen LogP contribution in [-0.4, -0.2) is 36.6 Å². The van der Waals surface area contributed by atoms with E-state index in [4.69, 9.17) is 5.84 Å². The van der Waals surface area contributed by atoms with Crippen LogP contribution in [0.2, 0.25) is 0 Å². The Hall–Kier alpha value is -0.810. The van der Waals surface area contributed by atoms with E-state index in [9.17, 15) is 4.79 Å². The molecule has 0 saturated carbocycles. The zero-order valence-corrected chi connectivity index (χ0v) is 6.63. The van der Waals surface area contributed by atoms with Gasteiger partial charge in [0.15, 0.2) is 0 Å². The fourth-order valence-corrected chi connectivity index (χ4v) is 1.15. The zero-order chi connectivity index (χ0) is 8.27. The van der Waals surface area contributed by atoms with Crippen LogP contribution >= 0.6 is 0 Å². The summed E-state index contributed by atoms with van der Waals surface area (Å²) < 4.78 is 0. The third kappa shape index (κ3) is 1.81. The number of carbonyl (C=O) groups is 1. The molecule has 5 heteroatoms. The monoisotopic (exact) mass is 158 g/mol. The number of nitrogens with two attached hydrogens (primary N) is 1. The van der Waals surface area contributed by atoms with E-state index in [-0.39, 0.29) is 6.03 Å². The fraction of sp³-hybridized carbons (Fsp3) is 0.833. The maximum absolute atomic E-state index is 10.8. The lowest BCUT2D eigenvalue weighted by Gasteiger charge is -2.38. The molecule has 0 aromatic rings. The van der Waals surface area contributed by atoms with Crippen LogP contribution in [0, 0.1) is 0 Å². The number of rotatable bonds is 2. The molecule has 64 valence electrons. The van der Waals surface area contributed by atoms with Crippen molar-refractivity contribution in [3.05, 3.63) is 0 Å². The molecule has 0 radical (unpaired) electrons. The van der Waals surface area contributed by atoms with Crippen molar-refractivity contribution in [3.63, 3.8) is 0 Å². The molecule has 0 unspecified atom stereocenters. The molecule has 1 aliphatic heterocycles. The van der Waals surface area contributed by atoms with Crippen molar-refractivity contribution >= 4 is 6.03 Å². The molecule has 0 aliphatic carbocycles. The summed E-state index contributed by atoms with van der Waals surface area (Å²) in [5.74, 6) is 4.94. The van der Waals surface area contributed by atoms with Gasteiger partial charge in [0.25, 0.3) is 0 Å². The van der Waals surface area contributed by atoms with Gasteiger partial charge in [-0.05, 0) is 6.54 Å². The molecular formula is C6H14N4O. The second-order valence-electron chi connectivity index (χ2n) is 2.61. The third-order valence-electron chi connectivity index (χ3n) is 1.79. The largest absolute Gasteiger partial charge is 0.331 e. The molecule has 1 saturated heterocycles. The van der Waals surface area contributed by atoms with Crippen LogP contribution in [0.4, 0.5) is 4.79 Å². The zero-order valence-electron chi connectivity index (χ0n) is 6.63. The van der Waals surface area contributed by atoms with Gasteiger partial charge in [-0.25, -0.2) is 10.6 Å². The van der Waals surface area contributed by atoms with E-state index in [2.05, 4.69) is 10.7 Å². The Morgan fingerprint density at radius 2 is 2.36 bits per heavy atom. The first-order valence-electron chi connectivity index (χ1n) is 3.76. The molecule has 5 nitrogen and oxygen atoms in total. The van der Waals surface area contributed by atoms with Crippen LogP contribution in [0.25, 0.3) is 0 Å². The topological polar surface area (TPSA) is 70.4 Å². The van der Waals surface area contributed by atoms with Gasteiger partial charge in [0.05, 0.1) is 0 Å². The average molecular weight is 158 g/mol. The Balaban J connectivity index is 2.13. The Bertz CT molecular complexity index is 144. The maximum Gasteiger partial charge on any atom is 0.331 e. The molecule has 0 atom stereocenters. The summed E-state index contributed by atoms with van der Waals surface area (Å²) in [6.45, 7) is 4.52. The van der Waals surface area contributed by atoms with Crippen molar-refractivity contribution in [2.45, 2.75) is 13.0 Å². The number of nitrogens with one attached hydrogen (secondary N) is 2. The number of hydrogen-bond donors (Lipinski definition) is 3. The Morgan fingerprint density at radius 1 is 1.73 bits per heavy atom. The first-order valence-corrected chi connectivity index (χ1v) is 3.76. The van der Waals surface area contributed by atoms with Gasteiger partial charge in [0, 0.05) is 19.1 Å². The highest BCUT2D eigenvalue weighted by Crippen LogP contribution is 2.06. The van der Waals surface area contributed by atoms with Gasteiger partial charge in [-0.15, -0.1) is 0 Å². The molecule has 2 amide bonds. The van der Waals surface area contributed by atoms with Crippen molar-refractivity contribution in [2.75, 3.05) is 19.6 Å². The van der Waals surface area contributed by atoms with Crippen LogP contribution in [-0.2, 0) is 0 Å². The summed E-state index contributed by atoms with van der Waals surface area (Å²) >= 11 is 0. The Morgan fingerprint density at radius 3 is 2.82 bits per heavy atom. The van der Waals surface area contributed by atoms with Gasteiger partial charge >= 0.3 is 6.03 Å². The summed E-state index contributed by atoms with van der Waals surface area (Å²) in [6.07, 6.45) is 0. The lowest BCUT2D eigenvalue weighted by Crippen LogP contribution is -2.62. The van der Waals surface area contributed by atoms with Crippen LogP contribution in [0.5, 0.6) is 0 Å². The van der Waals surface area contributed by atoms with Crippen LogP contribution < -0.4 is 16.6 Å². The number of nitrogens with zero attached hydrogens (tertiary/aromatic N) is 1. The standard InChI is InChI=1S/C6H14N4O/c1-2-8-5-3-10(4-5)6(11)9-7/h5,8H,2-4,7H2,1H3,(H,9,11). The molecule has 0 aromatic heterocycles. The average Bonchev–Trinajstić information content (AvgIpc) is 1.94. The molecule has 1 aliphatic rings. The number of hydrogen-bond acceptors (Lipinski definition) is 3. The number of amides is 2. The molecular weight excluding hydrogens is 144 g/mol. The van der Waals surface area contributed by atoms with Gasteiger partial charge in [0.2, 0.25) is 0 Å². The molecule has 4 N–H and O–H groups in total. The molecule has 0 bridgehead atoms. The minimum absolute atomic E-state index is 0.195. The molecule has 11 heavy (non-hydrogen) atoms. The van der Waals surface area contributed by atoms with Gasteiger partial charge in [-0.2, -0.15) is 0 Å². The normalized spacial score (nSPS) is 17.8. The maximum atomic E-state index is 10.8. The summed E-state index contributed by atoms with van der Waals surface area (Å²) in [7, 11) is 0. The first-order chi connectivity index (χ1) is 5.27. The highest BCUT2D eigenvalue weighted by molar-refractivity contribution is 5.74.